The van der Waals surface area contributed by atoms with Crippen molar-refractivity contribution in [2.75, 3.05) is 13.1 Å². The monoisotopic (exact) mass is 183 g/mol. The number of rotatable bonds is 0. The third-order valence-electron chi connectivity index (χ3n) is 2.77. The van der Waals surface area contributed by atoms with Crippen LogP contribution in [0.3, 0.4) is 0 Å². The van der Waals surface area contributed by atoms with Crippen molar-refractivity contribution in [3.05, 3.63) is 0 Å². The first-order valence-electron chi connectivity index (χ1n) is 4.46. The first-order valence-corrected chi connectivity index (χ1v) is 4.46. The molecule has 72 valence electrons. The summed E-state index contributed by atoms with van der Waals surface area (Å²) in [6.45, 7) is 1.36. The molecule has 0 unspecified atom stereocenters. The molecule has 0 aliphatic carbocycles. The Balaban J connectivity index is 1.92. The first-order chi connectivity index (χ1) is 6.22. The maximum atomic E-state index is 10.8. The maximum absolute atomic E-state index is 10.8. The van der Waals surface area contributed by atoms with Crippen LogP contribution in [0.4, 0.5) is 4.79 Å². The number of nitrogens with two attached hydrogens (primary N) is 1. The van der Waals surface area contributed by atoms with Gasteiger partial charge in [-0.3, -0.25) is 0 Å². The van der Waals surface area contributed by atoms with Gasteiger partial charge in [-0.05, 0) is 0 Å². The molecular formula is C8H13N3O2. The highest BCUT2D eigenvalue weighted by atomic mass is 16.7. The minimum atomic E-state index is -0.339. The molecule has 2 aliphatic rings. The van der Waals surface area contributed by atoms with E-state index in [2.05, 4.69) is 5.16 Å². The van der Waals surface area contributed by atoms with E-state index in [-0.39, 0.29) is 11.6 Å². The summed E-state index contributed by atoms with van der Waals surface area (Å²) >= 11 is 0. The predicted octanol–water partition coefficient (Wildman–Crippen LogP) is 0.306. The van der Waals surface area contributed by atoms with Crippen molar-refractivity contribution in [3.8, 4) is 0 Å². The van der Waals surface area contributed by atoms with E-state index in [0.29, 0.717) is 13.1 Å². The molecule has 5 nitrogen and oxygen atoms in total. The molecule has 0 aromatic carbocycles. The average Bonchev–Trinajstić information content (AvgIpc) is 2.54. The van der Waals surface area contributed by atoms with Crippen molar-refractivity contribution in [1.82, 2.24) is 4.90 Å². The summed E-state index contributed by atoms with van der Waals surface area (Å²) in [7, 11) is 0. The summed E-state index contributed by atoms with van der Waals surface area (Å²) in [4.78, 5) is 17.8. The van der Waals surface area contributed by atoms with Gasteiger partial charge in [-0.25, -0.2) is 4.79 Å². The van der Waals surface area contributed by atoms with E-state index in [4.69, 9.17) is 10.6 Å². The topological polar surface area (TPSA) is 67.9 Å². The Morgan fingerprint density at radius 1 is 1.54 bits per heavy atom. The number of likely N-dealkylation sites (tertiary alicyclic amines) is 1. The Labute approximate surface area is 76.5 Å². The summed E-state index contributed by atoms with van der Waals surface area (Å²) in [6.07, 6.45) is 4.31. The number of hydrogen-bond donors (Lipinski definition) is 1. The van der Waals surface area contributed by atoms with E-state index >= 15 is 0 Å². The van der Waals surface area contributed by atoms with E-state index in [1.165, 1.54) is 0 Å². The van der Waals surface area contributed by atoms with Crippen molar-refractivity contribution in [3.63, 3.8) is 0 Å². The van der Waals surface area contributed by atoms with Crippen molar-refractivity contribution < 1.29 is 9.63 Å². The fourth-order valence-electron chi connectivity index (χ4n) is 1.82. The summed E-state index contributed by atoms with van der Waals surface area (Å²) in [5.74, 6) is 0. The molecular weight excluding hydrogens is 170 g/mol. The van der Waals surface area contributed by atoms with Gasteiger partial charge in [0.1, 0.15) is 5.60 Å². The van der Waals surface area contributed by atoms with Crippen LogP contribution in [0.25, 0.3) is 0 Å². The molecule has 2 N–H and O–H groups in total. The summed E-state index contributed by atoms with van der Waals surface area (Å²) in [6, 6.07) is -0.339. The maximum Gasteiger partial charge on any atom is 0.314 e. The Kier molecular flexibility index (Phi) is 1.86. The molecule has 1 saturated heterocycles. The predicted molar refractivity (Wildman–Crippen MR) is 47.3 cm³/mol. The second-order valence-corrected chi connectivity index (χ2v) is 3.59. The number of nitrogens with zero attached hydrogens (tertiary/aromatic N) is 2. The second-order valence-electron chi connectivity index (χ2n) is 3.59. The lowest BCUT2D eigenvalue weighted by molar-refractivity contribution is -0.0546. The molecule has 0 aromatic rings. The van der Waals surface area contributed by atoms with Crippen LogP contribution in [0.2, 0.25) is 0 Å². The fourth-order valence-corrected chi connectivity index (χ4v) is 1.82. The van der Waals surface area contributed by atoms with Gasteiger partial charge in [0.05, 0.1) is 0 Å². The lowest BCUT2D eigenvalue weighted by Gasteiger charge is -2.36. The average molecular weight is 183 g/mol. The molecule has 2 heterocycles. The van der Waals surface area contributed by atoms with E-state index in [0.717, 1.165) is 19.3 Å². The summed E-state index contributed by atoms with van der Waals surface area (Å²) in [5, 5.41) is 3.77. The number of urea groups is 1. The van der Waals surface area contributed by atoms with Crippen LogP contribution in [0.5, 0.6) is 0 Å². The molecule has 5 heteroatoms. The van der Waals surface area contributed by atoms with Gasteiger partial charge in [0.2, 0.25) is 0 Å². The molecule has 1 spiro atoms. The van der Waals surface area contributed by atoms with Crippen LogP contribution in [0.15, 0.2) is 5.16 Å². The summed E-state index contributed by atoms with van der Waals surface area (Å²) in [5.41, 5.74) is 5.04. The van der Waals surface area contributed by atoms with Crippen molar-refractivity contribution in [2.24, 2.45) is 10.9 Å². The van der Waals surface area contributed by atoms with Crippen molar-refractivity contribution >= 4 is 12.2 Å². The van der Waals surface area contributed by atoms with Gasteiger partial charge in [-0.1, -0.05) is 5.16 Å². The SMILES string of the molecule is NC(=O)N1CCC2(CC=NO2)CC1. The van der Waals surface area contributed by atoms with Gasteiger partial charge in [0.15, 0.2) is 0 Å². The lowest BCUT2D eigenvalue weighted by Crippen LogP contribution is -2.48. The molecule has 0 aromatic heterocycles. The van der Waals surface area contributed by atoms with Crippen LogP contribution >= 0.6 is 0 Å². The Morgan fingerprint density at radius 3 is 2.69 bits per heavy atom. The summed E-state index contributed by atoms with van der Waals surface area (Å²) < 4.78 is 0. The molecule has 1 fully saturated rings. The van der Waals surface area contributed by atoms with Gasteiger partial charge in [-0.15, -0.1) is 0 Å². The number of oxime groups is 1. The van der Waals surface area contributed by atoms with E-state index in [1.54, 1.807) is 11.1 Å². The van der Waals surface area contributed by atoms with Crippen molar-refractivity contribution in [2.45, 2.75) is 24.9 Å². The molecule has 0 atom stereocenters. The number of amides is 2. The number of piperidine rings is 1. The molecule has 0 bridgehead atoms. The highest BCUT2D eigenvalue weighted by Crippen LogP contribution is 2.32. The zero-order chi connectivity index (χ0) is 9.31. The van der Waals surface area contributed by atoms with Crippen LogP contribution < -0.4 is 5.73 Å². The zero-order valence-electron chi connectivity index (χ0n) is 7.40. The Hall–Kier alpha value is -1.26. The fraction of sp³-hybridized carbons (Fsp3) is 0.750. The van der Waals surface area contributed by atoms with E-state index in [1.807, 2.05) is 0 Å². The Morgan fingerprint density at radius 2 is 2.23 bits per heavy atom. The standard InChI is InChI=1S/C8H13N3O2/c9-7(12)11-5-2-8(3-6-11)1-4-10-13-8/h4H,1-3,5-6H2,(H2,9,12). The van der Waals surface area contributed by atoms with Gasteiger partial charge < -0.3 is 15.5 Å². The van der Waals surface area contributed by atoms with E-state index < -0.39 is 0 Å². The van der Waals surface area contributed by atoms with Gasteiger partial charge in [0.25, 0.3) is 0 Å². The number of primary amides is 1. The zero-order valence-corrected chi connectivity index (χ0v) is 7.40. The quantitative estimate of drug-likeness (QED) is 0.587. The number of hydrogen-bond acceptors (Lipinski definition) is 3. The third-order valence-corrected chi connectivity index (χ3v) is 2.77. The number of carbonyl (C=O) groups is 1. The minimum absolute atomic E-state index is 0.133. The smallest absolute Gasteiger partial charge is 0.314 e. The van der Waals surface area contributed by atoms with E-state index in [9.17, 15) is 4.79 Å². The molecule has 0 radical (unpaired) electrons. The third kappa shape index (κ3) is 1.46. The lowest BCUT2D eigenvalue weighted by atomic mass is 9.89. The van der Waals surface area contributed by atoms with Crippen LogP contribution in [0.1, 0.15) is 19.3 Å². The van der Waals surface area contributed by atoms with Crippen LogP contribution in [-0.2, 0) is 4.84 Å². The van der Waals surface area contributed by atoms with Crippen molar-refractivity contribution in [1.29, 1.82) is 0 Å². The largest absolute Gasteiger partial charge is 0.389 e. The van der Waals surface area contributed by atoms with Crippen LogP contribution in [0, 0.1) is 0 Å². The molecule has 0 saturated carbocycles. The Bertz CT molecular complexity index is 234. The van der Waals surface area contributed by atoms with Gasteiger partial charge >= 0.3 is 6.03 Å². The molecule has 2 aliphatic heterocycles. The second kappa shape index (κ2) is 2.90. The molecule has 2 rings (SSSR count). The normalized spacial score (nSPS) is 24.8. The van der Waals surface area contributed by atoms with Crippen LogP contribution in [-0.4, -0.2) is 35.8 Å². The minimum Gasteiger partial charge on any atom is -0.389 e. The molecule has 13 heavy (non-hydrogen) atoms. The first kappa shape index (κ1) is 8.34. The number of carbonyl (C=O) groups excluding carboxylic acids is 1. The van der Waals surface area contributed by atoms with Gasteiger partial charge in [0, 0.05) is 38.6 Å². The highest BCUT2D eigenvalue weighted by molar-refractivity contribution is 5.72. The van der Waals surface area contributed by atoms with Gasteiger partial charge in [-0.2, -0.15) is 0 Å². The molecule has 2 amide bonds. The highest BCUT2D eigenvalue weighted by Gasteiger charge is 2.39.